The molecule has 6 nitrogen and oxygen atoms in total. The fraction of sp³-hybridized carbons (Fsp3) is 0.286. The Balaban J connectivity index is 1.56. The summed E-state index contributed by atoms with van der Waals surface area (Å²) in [5.41, 5.74) is 4.10. The van der Waals surface area contributed by atoms with E-state index in [1.807, 2.05) is 44.2 Å². The van der Waals surface area contributed by atoms with E-state index in [-0.39, 0.29) is 17.9 Å². The van der Waals surface area contributed by atoms with E-state index in [0.717, 1.165) is 27.9 Å². The zero-order valence-electron chi connectivity index (χ0n) is 19.9. The average Bonchev–Trinajstić information content (AvgIpc) is 3.34. The normalized spacial score (nSPS) is 22.7. The smallest absolute Gasteiger partial charge is 0.250 e. The molecule has 180 valence electrons. The predicted molar refractivity (Wildman–Crippen MR) is 138 cm³/mol. The summed E-state index contributed by atoms with van der Waals surface area (Å²) in [5.74, 6) is -0.584. The summed E-state index contributed by atoms with van der Waals surface area (Å²) in [5, 5.41) is 10.1. The number of nitrogens with one attached hydrogen (secondary N) is 3. The predicted octanol–water partition coefficient (Wildman–Crippen LogP) is 4.97. The molecule has 2 heterocycles. The van der Waals surface area contributed by atoms with E-state index in [9.17, 15) is 9.59 Å². The molecule has 0 saturated carbocycles. The van der Waals surface area contributed by atoms with Gasteiger partial charge >= 0.3 is 0 Å². The van der Waals surface area contributed by atoms with Crippen molar-refractivity contribution in [2.45, 2.75) is 38.3 Å². The molecule has 0 radical (unpaired) electrons. The van der Waals surface area contributed by atoms with Crippen LogP contribution in [0.3, 0.4) is 0 Å². The molecule has 3 aromatic rings. The molecule has 2 aliphatic rings. The highest BCUT2D eigenvalue weighted by Crippen LogP contribution is 2.49. The number of carbonyl (C=O) groups is 2. The highest BCUT2D eigenvalue weighted by molar-refractivity contribution is 6.31. The van der Waals surface area contributed by atoms with Crippen LogP contribution in [0.4, 0.5) is 11.4 Å². The van der Waals surface area contributed by atoms with Gasteiger partial charge in [0.15, 0.2) is 0 Å². The third-order valence-electron chi connectivity index (χ3n) is 7.04. The Morgan fingerprint density at radius 1 is 1.14 bits per heavy atom. The number of rotatable bonds is 5. The van der Waals surface area contributed by atoms with Gasteiger partial charge in [0.25, 0.3) is 0 Å². The van der Waals surface area contributed by atoms with E-state index < -0.39 is 11.5 Å². The molecule has 0 aliphatic carbocycles. The van der Waals surface area contributed by atoms with Gasteiger partial charge in [-0.3, -0.25) is 14.9 Å². The van der Waals surface area contributed by atoms with E-state index in [1.165, 1.54) is 0 Å². The van der Waals surface area contributed by atoms with Crippen molar-refractivity contribution in [3.05, 3.63) is 87.9 Å². The molecule has 0 aromatic heterocycles. The molecular formula is C28H28ClN3O3. The van der Waals surface area contributed by atoms with Crippen molar-refractivity contribution in [2.75, 3.05) is 17.7 Å². The summed E-state index contributed by atoms with van der Waals surface area (Å²) < 4.78 is 5.42. The van der Waals surface area contributed by atoms with Gasteiger partial charge in [-0.25, -0.2) is 0 Å². The van der Waals surface area contributed by atoms with Crippen LogP contribution in [-0.2, 0) is 21.5 Å². The first-order valence-corrected chi connectivity index (χ1v) is 12.1. The van der Waals surface area contributed by atoms with Crippen molar-refractivity contribution < 1.29 is 14.3 Å². The van der Waals surface area contributed by atoms with Gasteiger partial charge in [0.1, 0.15) is 11.3 Å². The summed E-state index contributed by atoms with van der Waals surface area (Å²) in [6.45, 7) is 3.99. The van der Waals surface area contributed by atoms with Crippen LogP contribution in [0.1, 0.15) is 28.7 Å². The lowest BCUT2D eigenvalue weighted by Gasteiger charge is -2.30. The highest BCUT2D eigenvalue weighted by Gasteiger charge is 2.60. The van der Waals surface area contributed by atoms with Crippen LogP contribution in [0.5, 0.6) is 5.75 Å². The van der Waals surface area contributed by atoms with Crippen LogP contribution in [-0.4, -0.2) is 25.0 Å². The number of benzene rings is 3. The fourth-order valence-electron chi connectivity index (χ4n) is 5.55. The van der Waals surface area contributed by atoms with Crippen LogP contribution < -0.4 is 20.7 Å². The Labute approximate surface area is 210 Å². The summed E-state index contributed by atoms with van der Waals surface area (Å²) >= 11 is 6.19. The third kappa shape index (κ3) is 4.07. The number of methoxy groups -OCH3 is 1. The number of halogens is 1. The van der Waals surface area contributed by atoms with Crippen molar-refractivity contribution in [1.29, 1.82) is 0 Å². The van der Waals surface area contributed by atoms with E-state index in [2.05, 4.69) is 28.1 Å². The summed E-state index contributed by atoms with van der Waals surface area (Å²) in [4.78, 5) is 27.5. The second-order valence-corrected chi connectivity index (χ2v) is 9.86. The molecule has 7 heteroatoms. The quantitative estimate of drug-likeness (QED) is 0.472. The summed E-state index contributed by atoms with van der Waals surface area (Å²) in [6, 6.07) is 19.2. The number of fused-ring (bicyclic) bond motifs is 2. The van der Waals surface area contributed by atoms with Crippen molar-refractivity contribution in [3.63, 3.8) is 0 Å². The SMILES string of the molecule is COc1ccc(Cl)cc1NC(=O)C1CC(Cc2ccccc2)NC12C(=O)Nc1c(C)cc(C)cc12. The zero-order chi connectivity index (χ0) is 24.7. The zero-order valence-corrected chi connectivity index (χ0v) is 20.7. The molecule has 5 rings (SSSR count). The first kappa shape index (κ1) is 23.4. The number of hydrogen-bond donors (Lipinski definition) is 3. The van der Waals surface area contributed by atoms with Crippen LogP contribution in [0.15, 0.2) is 60.7 Å². The lowest BCUT2D eigenvalue weighted by atomic mass is 9.78. The molecule has 1 spiro atoms. The third-order valence-corrected chi connectivity index (χ3v) is 7.27. The Morgan fingerprint density at radius 3 is 2.66 bits per heavy atom. The van der Waals surface area contributed by atoms with Gasteiger partial charge in [-0.05, 0) is 56.0 Å². The van der Waals surface area contributed by atoms with Gasteiger partial charge in [0.05, 0.1) is 18.7 Å². The number of carbonyl (C=O) groups excluding carboxylic acids is 2. The number of ether oxygens (including phenoxy) is 1. The second-order valence-electron chi connectivity index (χ2n) is 9.42. The molecule has 1 saturated heterocycles. The Hall–Kier alpha value is -3.35. The first-order chi connectivity index (χ1) is 16.8. The number of hydrogen-bond acceptors (Lipinski definition) is 4. The topological polar surface area (TPSA) is 79.5 Å². The minimum absolute atomic E-state index is 0.0630. The van der Waals surface area contributed by atoms with Crippen LogP contribution in [0, 0.1) is 19.8 Å². The molecule has 2 amide bonds. The van der Waals surface area contributed by atoms with Gasteiger partial charge in [0, 0.05) is 22.3 Å². The van der Waals surface area contributed by atoms with Crippen LogP contribution >= 0.6 is 11.6 Å². The van der Waals surface area contributed by atoms with Gasteiger partial charge in [-0.15, -0.1) is 0 Å². The minimum Gasteiger partial charge on any atom is -0.495 e. The van der Waals surface area contributed by atoms with Gasteiger partial charge < -0.3 is 15.4 Å². The molecule has 3 unspecified atom stereocenters. The number of amides is 2. The Morgan fingerprint density at radius 2 is 1.91 bits per heavy atom. The van der Waals surface area contributed by atoms with Crippen molar-refractivity contribution in [1.82, 2.24) is 5.32 Å². The molecular weight excluding hydrogens is 462 g/mol. The summed E-state index contributed by atoms with van der Waals surface area (Å²) in [6.07, 6.45) is 1.21. The molecule has 3 atom stereocenters. The number of anilines is 2. The van der Waals surface area contributed by atoms with Gasteiger partial charge in [-0.2, -0.15) is 0 Å². The maximum Gasteiger partial charge on any atom is 0.250 e. The van der Waals surface area contributed by atoms with Crippen molar-refractivity contribution in [2.24, 2.45) is 5.92 Å². The standard InChI is InChI=1S/C28H28ClN3O3/c1-16-11-17(2)25-21(12-16)28(27(34)31-25)22(15-20(32-28)13-18-7-5-4-6-8-18)26(33)30-23-14-19(29)9-10-24(23)35-3/h4-12,14,20,22,32H,13,15H2,1-3H3,(H,30,33)(H,31,34). The first-order valence-electron chi connectivity index (χ1n) is 11.7. The van der Waals surface area contributed by atoms with Gasteiger partial charge in [-0.1, -0.05) is 59.6 Å². The lowest BCUT2D eigenvalue weighted by Crippen LogP contribution is -2.52. The lowest BCUT2D eigenvalue weighted by molar-refractivity contribution is -0.130. The Bertz CT molecular complexity index is 1310. The van der Waals surface area contributed by atoms with E-state index in [4.69, 9.17) is 16.3 Å². The van der Waals surface area contributed by atoms with E-state index in [1.54, 1.807) is 25.3 Å². The molecule has 3 aromatic carbocycles. The van der Waals surface area contributed by atoms with Crippen molar-refractivity contribution >= 4 is 34.8 Å². The largest absolute Gasteiger partial charge is 0.495 e. The maximum absolute atomic E-state index is 13.8. The minimum atomic E-state index is -1.17. The second kappa shape index (κ2) is 9.02. The van der Waals surface area contributed by atoms with Crippen LogP contribution in [0.2, 0.25) is 5.02 Å². The summed E-state index contributed by atoms with van der Waals surface area (Å²) in [7, 11) is 1.54. The van der Waals surface area contributed by atoms with E-state index >= 15 is 0 Å². The van der Waals surface area contributed by atoms with Crippen molar-refractivity contribution in [3.8, 4) is 5.75 Å². The molecule has 35 heavy (non-hydrogen) atoms. The molecule has 3 N–H and O–H groups in total. The highest BCUT2D eigenvalue weighted by atomic mass is 35.5. The fourth-order valence-corrected chi connectivity index (χ4v) is 5.72. The molecule has 0 bridgehead atoms. The molecule has 2 aliphatic heterocycles. The number of aryl methyl sites for hydroxylation is 2. The Kier molecular flexibility index (Phi) is 6.03. The average molecular weight is 490 g/mol. The van der Waals surface area contributed by atoms with Gasteiger partial charge in [0.2, 0.25) is 11.8 Å². The maximum atomic E-state index is 13.8. The van der Waals surface area contributed by atoms with E-state index in [0.29, 0.717) is 29.3 Å². The molecule has 1 fully saturated rings. The van der Waals surface area contributed by atoms with Crippen LogP contribution in [0.25, 0.3) is 0 Å². The monoisotopic (exact) mass is 489 g/mol.